The van der Waals surface area contributed by atoms with Gasteiger partial charge in [0, 0.05) is 6.54 Å². The van der Waals surface area contributed by atoms with Gasteiger partial charge in [0.2, 0.25) is 6.10 Å². The van der Waals surface area contributed by atoms with Crippen LogP contribution in [-0.4, -0.2) is 37.2 Å². The highest BCUT2D eigenvalue weighted by Crippen LogP contribution is 2.31. The van der Waals surface area contributed by atoms with Crippen LogP contribution < -0.4 is 14.8 Å². The van der Waals surface area contributed by atoms with Crippen molar-refractivity contribution < 1.29 is 23.8 Å². The van der Waals surface area contributed by atoms with E-state index in [2.05, 4.69) is 5.32 Å². The topological polar surface area (TPSA) is 73.9 Å². The van der Waals surface area contributed by atoms with E-state index < -0.39 is 18.2 Å². The van der Waals surface area contributed by atoms with Crippen LogP contribution in [0.15, 0.2) is 24.3 Å². The number of carbonyl (C=O) groups is 2. The van der Waals surface area contributed by atoms with Crippen molar-refractivity contribution in [2.75, 3.05) is 13.2 Å². The lowest BCUT2D eigenvalue weighted by Crippen LogP contribution is -2.42. The maximum absolute atomic E-state index is 11.9. The smallest absolute Gasteiger partial charge is 0.351 e. The minimum absolute atomic E-state index is 0.0674. The Labute approximate surface area is 117 Å². The first-order valence-corrected chi connectivity index (χ1v) is 6.48. The molecule has 108 valence electrons. The summed E-state index contributed by atoms with van der Waals surface area (Å²) in [5.74, 6) is 0.135. The van der Waals surface area contributed by atoms with Crippen LogP contribution >= 0.6 is 0 Å². The molecule has 1 heterocycles. The molecule has 2 atom stereocenters. The molecule has 1 aromatic rings. The summed E-state index contributed by atoms with van der Waals surface area (Å²) in [5, 5.41) is 2.58. The molecular formula is C14H17NO5. The molecule has 20 heavy (non-hydrogen) atoms. The summed E-state index contributed by atoms with van der Waals surface area (Å²) < 4.78 is 16.0. The fourth-order valence-corrected chi connectivity index (χ4v) is 1.76. The molecular weight excluding hydrogens is 262 g/mol. The van der Waals surface area contributed by atoms with Crippen molar-refractivity contribution in [1.82, 2.24) is 5.32 Å². The van der Waals surface area contributed by atoms with Crippen LogP contribution in [0, 0.1) is 0 Å². The number of carbonyl (C=O) groups excluding carboxylic acids is 2. The van der Waals surface area contributed by atoms with Crippen molar-refractivity contribution >= 4 is 11.9 Å². The molecule has 0 radical (unpaired) electrons. The van der Waals surface area contributed by atoms with E-state index in [1.54, 1.807) is 25.1 Å². The zero-order valence-electron chi connectivity index (χ0n) is 11.4. The van der Waals surface area contributed by atoms with Crippen LogP contribution in [0.4, 0.5) is 0 Å². The standard InChI is InChI=1S/C14H17NO5/c1-3-15-13(16)9(2)19-14(17)12-8-18-10-6-4-5-7-11(10)20-12/h4-7,9,12H,3,8H2,1-2H3,(H,15,16)/t9-,12+/m0/s1. The van der Waals surface area contributed by atoms with E-state index in [0.717, 1.165) is 0 Å². The third-order valence-electron chi connectivity index (χ3n) is 2.78. The number of para-hydroxylation sites is 2. The lowest BCUT2D eigenvalue weighted by atomic mass is 10.2. The van der Waals surface area contributed by atoms with Crippen molar-refractivity contribution in [3.05, 3.63) is 24.3 Å². The molecule has 0 bridgehead atoms. The molecule has 0 saturated heterocycles. The summed E-state index contributed by atoms with van der Waals surface area (Å²) in [5.41, 5.74) is 0. The summed E-state index contributed by atoms with van der Waals surface area (Å²) >= 11 is 0. The van der Waals surface area contributed by atoms with Gasteiger partial charge in [-0.3, -0.25) is 4.79 Å². The average Bonchev–Trinajstić information content (AvgIpc) is 2.46. The zero-order valence-corrected chi connectivity index (χ0v) is 11.4. The first-order chi connectivity index (χ1) is 9.61. The van der Waals surface area contributed by atoms with Crippen molar-refractivity contribution in [3.8, 4) is 11.5 Å². The predicted octanol–water partition coefficient (Wildman–Crippen LogP) is 0.894. The van der Waals surface area contributed by atoms with Gasteiger partial charge in [-0.1, -0.05) is 12.1 Å². The van der Waals surface area contributed by atoms with Gasteiger partial charge in [-0.25, -0.2) is 4.79 Å². The molecule has 0 aliphatic carbocycles. The van der Waals surface area contributed by atoms with Crippen LogP contribution in [0.3, 0.4) is 0 Å². The molecule has 0 fully saturated rings. The van der Waals surface area contributed by atoms with Gasteiger partial charge in [0.05, 0.1) is 0 Å². The third-order valence-corrected chi connectivity index (χ3v) is 2.78. The normalized spacial score (nSPS) is 18.0. The summed E-state index contributed by atoms with van der Waals surface area (Å²) in [6.07, 6.45) is -1.72. The Morgan fingerprint density at radius 1 is 1.40 bits per heavy atom. The number of rotatable bonds is 4. The molecule has 0 saturated carbocycles. The first kappa shape index (κ1) is 14.2. The van der Waals surface area contributed by atoms with Crippen LogP contribution in [0.1, 0.15) is 13.8 Å². The second kappa shape index (κ2) is 6.27. The van der Waals surface area contributed by atoms with E-state index in [9.17, 15) is 9.59 Å². The van der Waals surface area contributed by atoms with Gasteiger partial charge < -0.3 is 19.5 Å². The van der Waals surface area contributed by atoms with Gasteiger partial charge in [0.1, 0.15) is 6.61 Å². The Hall–Kier alpha value is -2.24. The number of ether oxygens (including phenoxy) is 3. The van der Waals surface area contributed by atoms with Gasteiger partial charge in [-0.05, 0) is 26.0 Å². The van der Waals surface area contributed by atoms with E-state index in [0.29, 0.717) is 18.0 Å². The number of benzene rings is 1. The molecule has 6 heteroatoms. The predicted molar refractivity (Wildman–Crippen MR) is 70.6 cm³/mol. The maximum atomic E-state index is 11.9. The van der Waals surface area contributed by atoms with E-state index in [4.69, 9.17) is 14.2 Å². The largest absolute Gasteiger partial charge is 0.485 e. The van der Waals surface area contributed by atoms with Crippen molar-refractivity contribution in [2.24, 2.45) is 0 Å². The lowest BCUT2D eigenvalue weighted by Gasteiger charge is -2.25. The minimum Gasteiger partial charge on any atom is -0.485 e. The second-order valence-electron chi connectivity index (χ2n) is 4.34. The lowest BCUT2D eigenvalue weighted by molar-refractivity contribution is -0.163. The summed E-state index contributed by atoms with van der Waals surface area (Å²) in [6, 6.07) is 7.07. The van der Waals surface area contributed by atoms with Crippen molar-refractivity contribution in [3.63, 3.8) is 0 Å². The molecule has 1 aromatic carbocycles. The molecule has 2 rings (SSSR count). The monoisotopic (exact) mass is 279 g/mol. The van der Waals surface area contributed by atoms with Gasteiger partial charge in [-0.15, -0.1) is 0 Å². The molecule has 0 spiro atoms. The molecule has 1 amide bonds. The Kier molecular flexibility index (Phi) is 4.45. The number of amides is 1. The Morgan fingerprint density at radius 2 is 2.10 bits per heavy atom. The number of likely N-dealkylation sites (N-methyl/N-ethyl adjacent to an activating group) is 1. The van der Waals surface area contributed by atoms with Gasteiger partial charge in [0.25, 0.3) is 5.91 Å². The quantitative estimate of drug-likeness (QED) is 0.829. The number of hydrogen-bond acceptors (Lipinski definition) is 5. The SMILES string of the molecule is CCNC(=O)[C@H](C)OC(=O)[C@H]1COc2ccccc2O1. The molecule has 0 aromatic heterocycles. The van der Waals surface area contributed by atoms with Crippen molar-refractivity contribution in [1.29, 1.82) is 0 Å². The van der Waals surface area contributed by atoms with Crippen LogP contribution in [0.25, 0.3) is 0 Å². The highest BCUT2D eigenvalue weighted by molar-refractivity contribution is 5.84. The van der Waals surface area contributed by atoms with Crippen LogP contribution in [0.2, 0.25) is 0 Å². The highest BCUT2D eigenvalue weighted by Gasteiger charge is 2.30. The molecule has 1 N–H and O–H groups in total. The van der Waals surface area contributed by atoms with Gasteiger partial charge in [0.15, 0.2) is 17.6 Å². The second-order valence-corrected chi connectivity index (χ2v) is 4.34. The molecule has 1 aliphatic rings. The first-order valence-electron chi connectivity index (χ1n) is 6.48. The Balaban J connectivity index is 1.93. The van der Waals surface area contributed by atoms with Gasteiger partial charge >= 0.3 is 5.97 Å². The zero-order chi connectivity index (χ0) is 14.5. The summed E-state index contributed by atoms with van der Waals surface area (Å²) in [7, 11) is 0. The highest BCUT2D eigenvalue weighted by atomic mass is 16.6. The third kappa shape index (κ3) is 3.20. The molecule has 1 aliphatic heterocycles. The summed E-state index contributed by atoms with van der Waals surface area (Å²) in [6.45, 7) is 3.86. The minimum atomic E-state index is -0.859. The molecule has 6 nitrogen and oxygen atoms in total. The number of fused-ring (bicyclic) bond motifs is 1. The summed E-state index contributed by atoms with van der Waals surface area (Å²) in [4.78, 5) is 23.4. The van der Waals surface area contributed by atoms with Crippen molar-refractivity contribution in [2.45, 2.75) is 26.1 Å². The van der Waals surface area contributed by atoms with Gasteiger partial charge in [-0.2, -0.15) is 0 Å². The maximum Gasteiger partial charge on any atom is 0.351 e. The fraction of sp³-hybridized carbons (Fsp3) is 0.429. The number of nitrogens with one attached hydrogen (secondary N) is 1. The van der Waals surface area contributed by atoms with E-state index >= 15 is 0 Å². The Bertz CT molecular complexity index is 502. The number of hydrogen-bond donors (Lipinski definition) is 1. The van der Waals surface area contributed by atoms with Crippen LogP contribution in [-0.2, 0) is 14.3 Å². The number of esters is 1. The van der Waals surface area contributed by atoms with E-state index in [1.165, 1.54) is 6.92 Å². The van der Waals surface area contributed by atoms with Crippen LogP contribution in [0.5, 0.6) is 11.5 Å². The fourth-order valence-electron chi connectivity index (χ4n) is 1.76. The average molecular weight is 279 g/mol. The molecule has 0 unspecified atom stereocenters. The Morgan fingerprint density at radius 3 is 2.80 bits per heavy atom. The van der Waals surface area contributed by atoms with E-state index in [1.807, 2.05) is 6.07 Å². The van der Waals surface area contributed by atoms with E-state index in [-0.39, 0.29) is 12.5 Å².